The summed E-state index contributed by atoms with van der Waals surface area (Å²) in [6.45, 7) is 0. The van der Waals surface area contributed by atoms with Crippen molar-refractivity contribution in [2.45, 2.75) is 0 Å². The molecule has 8 aromatic carbocycles. The molecule has 0 radical (unpaired) electrons. The maximum absolute atomic E-state index is 6.53. The Morgan fingerprint density at radius 2 is 0.826 bits per heavy atom. The van der Waals surface area contributed by atoms with Crippen LogP contribution in [0, 0.1) is 0 Å². The topological polar surface area (TPSA) is 16.4 Å². The van der Waals surface area contributed by atoms with E-state index in [1.54, 1.807) is 0 Å². The SMILES string of the molecule is c1ccc2cc(-c3ccc(N(c4ccc(-c5ccc6ccccc6c5)cc4)c4cccc5c4oc4ccccc45)cc3)ccc2c1. The van der Waals surface area contributed by atoms with Crippen LogP contribution in [-0.2, 0) is 0 Å². The maximum Gasteiger partial charge on any atom is 0.159 e. The molecule has 0 aliphatic carbocycles. The van der Waals surface area contributed by atoms with Crippen LogP contribution < -0.4 is 4.90 Å². The summed E-state index contributed by atoms with van der Waals surface area (Å²) in [5.41, 5.74) is 9.68. The van der Waals surface area contributed by atoms with Gasteiger partial charge in [0.2, 0.25) is 0 Å². The number of anilines is 3. The molecule has 0 aliphatic rings. The van der Waals surface area contributed by atoms with E-state index in [0.29, 0.717) is 0 Å². The molecule has 0 bridgehead atoms. The van der Waals surface area contributed by atoms with Gasteiger partial charge in [-0.3, -0.25) is 0 Å². The molecule has 216 valence electrons. The van der Waals surface area contributed by atoms with E-state index in [2.05, 4.69) is 169 Å². The first-order valence-electron chi connectivity index (χ1n) is 15.7. The molecule has 0 N–H and O–H groups in total. The highest BCUT2D eigenvalue weighted by Crippen LogP contribution is 2.43. The summed E-state index contributed by atoms with van der Waals surface area (Å²) in [5.74, 6) is 0. The standard InChI is InChI=1S/C44H29NO/c1-3-10-34-28-36(18-16-30(34)8-1)32-20-24-38(25-21-32)45(42-14-7-13-41-40-12-5-6-15-43(40)46-44(41)42)39-26-22-33(23-27-39)37-19-17-31-9-2-4-11-35(31)29-37/h1-29H. The molecule has 2 heteroatoms. The highest BCUT2D eigenvalue weighted by molar-refractivity contribution is 6.10. The van der Waals surface area contributed by atoms with Gasteiger partial charge < -0.3 is 9.32 Å². The summed E-state index contributed by atoms with van der Waals surface area (Å²) in [6.07, 6.45) is 0. The van der Waals surface area contributed by atoms with Crippen LogP contribution in [0.2, 0.25) is 0 Å². The summed E-state index contributed by atoms with van der Waals surface area (Å²) in [6, 6.07) is 62.8. The Hall–Kier alpha value is -6.12. The van der Waals surface area contributed by atoms with Crippen molar-refractivity contribution in [3.63, 3.8) is 0 Å². The quantitative estimate of drug-likeness (QED) is 0.199. The fourth-order valence-corrected chi connectivity index (χ4v) is 6.68. The molecule has 0 aliphatic heterocycles. The first-order chi connectivity index (χ1) is 22.8. The van der Waals surface area contributed by atoms with Crippen molar-refractivity contribution in [2.24, 2.45) is 0 Å². The third kappa shape index (κ3) is 4.51. The Labute approximate surface area is 267 Å². The Morgan fingerprint density at radius 3 is 1.41 bits per heavy atom. The lowest BCUT2D eigenvalue weighted by molar-refractivity contribution is 0.669. The molecule has 1 heterocycles. The first-order valence-corrected chi connectivity index (χ1v) is 15.7. The highest BCUT2D eigenvalue weighted by atomic mass is 16.3. The van der Waals surface area contributed by atoms with Gasteiger partial charge in [0.15, 0.2) is 5.58 Å². The van der Waals surface area contributed by atoms with Crippen molar-refractivity contribution in [2.75, 3.05) is 4.90 Å². The van der Waals surface area contributed by atoms with Gasteiger partial charge in [0, 0.05) is 22.1 Å². The van der Waals surface area contributed by atoms with Gasteiger partial charge in [-0.25, -0.2) is 0 Å². The molecule has 0 saturated heterocycles. The lowest BCUT2D eigenvalue weighted by atomic mass is 10.00. The van der Waals surface area contributed by atoms with Crippen molar-refractivity contribution < 1.29 is 4.42 Å². The van der Waals surface area contributed by atoms with Gasteiger partial charge in [-0.05, 0) is 92.3 Å². The summed E-state index contributed by atoms with van der Waals surface area (Å²) in [7, 11) is 0. The van der Waals surface area contributed by atoms with Gasteiger partial charge in [-0.2, -0.15) is 0 Å². The minimum Gasteiger partial charge on any atom is -0.454 e. The zero-order chi connectivity index (χ0) is 30.5. The number of hydrogen-bond acceptors (Lipinski definition) is 2. The van der Waals surface area contributed by atoms with E-state index in [0.717, 1.165) is 39.0 Å². The molecular weight excluding hydrogens is 558 g/mol. The van der Waals surface area contributed by atoms with E-state index in [1.165, 1.54) is 43.8 Å². The fraction of sp³-hybridized carbons (Fsp3) is 0. The van der Waals surface area contributed by atoms with Crippen LogP contribution in [0.15, 0.2) is 180 Å². The minimum absolute atomic E-state index is 0.876. The molecule has 0 amide bonds. The number of para-hydroxylation sites is 2. The van der Waals surface area contributed by atoms with E-state index in [-0.39, 0.29) is 0 Å². The zero-order valence-corrected chi connectivity index (χ0v) is 25.1. The number of fused-ring (bicyclic) bond motifs is 5. The molecule has 1 aromatic heterocycles. The molecular formula is C44H29NO. The maximum atomic E-state index is 6.53. The van der Waals surface area contributed by atoms with Gasteiger partial charge in [0.1, 0.15) is 5.58 Å². The Morgan fingerprint density at radius 1 is 0.348 bits per heavy atom. The Bertz CT molecular complexity index is 2400. The minimum atomic E-state index is 0.876. The second-order valence-electron chi connectivity index (χ2n) is 11.8. The summed E-state index contributed by atoms with van der Waals surface area (Å²) < 4.78 is 6.53. The molecule has 2 nitrogen and oxygen atoms in total. The average Bonchev–Trinajstić information content (AvgIpc) is 3.51. The Balaban J connectivity index is 1.16. The second-order valence-corrected chi connectivity index (χ2v) is 11.8. The normalized spacial score (nSPS) is 11.5. The van der Waals surface area contributed by atoms with Crippen LogP contribution >= 0.6 is 0 Å². The van der Waals surface area contributed by atoms with Gasteiger partial charge in [-0.1, -0.05) is 127 Å². The monoisotopic (exact) mass is 587 g/mol. The van der Waals surface area contributed by atoms with E-state index in [4.69, 9.17) is 4.42 Å². The lowest BCUT2D eigenvalue weighted by Gasteiger charge is -2.26. The molecule has 0 fully saturated rings. The van der Waals surface area contributed by atoms with Crippen molar-refractivity contribution >= 4 is 60.5 Å². The largest absolute Gasteiger partial charge is 0.454 e. The number of furan rings is 1. The molecule has 9 aromatic rings. The molecule has 0 unspecified atom stereocenters. The molecule has 0 spiro atoms. The molecule has 46 heavy (non-hydrogen) atoms. The second kappa shape index (κ2) is 10.8. The first kappa shape index (κ1) is 26.3. The van der Waals surface area contributed by atoms with Crippen LogP contribution in [0.4, 0.5) is 17.1 Å². The van der Waals surface area contributed by atoms with Crippen LogP contribution in [0.3, 0.4) is 0 Å². The zero-order valence-electron chi connectivity index (χ0n) is 25.1. The average molecular weight is 588 g/mol. The number of rotatable bonds is 5. The van der Waals surface area contributed by atoms with Crippen LogP contribution in [0.5, 0.6) is 0 Å². The van der Waals surface area contributed by atoms with Gasteiger partial charge in [0.25, 0.3) is 0 Å². The molecule has 9 rings (SSSR count). The number of benzene rings is 8. The van der Waals surface area contributed by atoms with Crippen molar-refractivity contribution in [1.82, 2.24) is 0 Å². The molecule has 0 saturated carbocycles. The van der Waals surface area contributed by atoms with Crippen molar-refractivity contribution in [3.05, 3.63) is 176 Å². The predicted octanol–water partition coefficient (Wildman–Crippen LogP) is 12.7. The van der Waals surface area contributed by atoms with Gasteiger partial charge in [0.05, 0.1) is 5.69 Å². The predicted molar refractivity (Wildman–Crippen MR) is 194 cm³/mol. The van der Waals surface area contributed by atoms with E-state index in [1.807, 2.05) is 12.1 Å². The van der Waals surface area contributed by atoms with E-state index >= 15 is 0 Å². The third-order valence-electron chi connectivity index (χ3n) is 9.04. The number of nitrogens with zero attached hydrogens (tertiary/aromatic N) is 1. The van der Waals surface area contributed by atoms with Crippen LogP contribution in [0.25, 0.3) is 65.7 Å². The molecule has 0 atom stereocenters. The summed E-state index contributed by atoms with van der Waals surface area (Å²) >= 11 is 0. The third-order valence-corrected chi connectivity index (χ3v) is 9.04. The van der Waals surface area contributed by atoms with Crippen molar-refractivity contribution in [3.8, 4) is 22.3 Å². The van der Waals surface area contributed by atoms with Gasteiger partial charge in [-0.15, -0.1) is 0 Å². The smallest absolute Gasteiger partial charge is 0.159 e. The van der Waals surface area contributed by atoms with Crippen molar-refractivity contribution in [1.29, 1.82) is 0 Å². The van der Waals surface area contributed by atoms with Crippen LogP contribution in [0.1, 0.15) is 0 Å². The summed E-state index contributed by atoms with van der Waals surface area (Å²) in [4.78, 5) is 2.30. The van der Waals surface area contributed by atoms with E-state index in [9.17, 15) is 0 Å². The van der Waals surface area contributed by atoms with Crippen LogP contribution in [-0.4, -0.2) is 0 Å². The number of hydrogen-bond donors (Lipinski definition) is 0. The van der Waals surface area contributed by atoms with Gasteiger partial charge >= 0.3 is 0 Å². The summed E-state index contributed by atoms with van der Waals surface area (Å²) in [5, 5.41) is 7.22. The highest BCUT2D eigenvalue weighted by Gasteiger charge is 2.19. The van der Waals surface area contributed by atoms with E-state index < -0.39 is 0 Å². The fourth-order valence-electron chi connectivity index (χ4n) is 6.68. The lowest BCUT2D eigenvalue weighted by Crippen LogP contribution is -2.10. The Kier molecular flexibility index (Phi) is 6.17.